The summed E-state index contributed by atoms with van der Waals surface area (Å²) in [6.45, 7) is 4.19. The van der Waals surface area contributed by atoms with E-state index in [4.69, 9.17) is 5.73 Å². The van der Waals surface area contributed by atoms with Crippen LogP contribution in [0.1, 0.15) is 18.9 Å². The maximum absolute atomic E-state index is 12.0. The third-order valence-corrected chi connectivity index (χ3v) is 4.08. The summed E-state index contributed by atoms with van der Waals surface area (Å²) >= 11 is 0. The summed E-state index contributed by atoms with van der Waals surface area (Å²) in [6, 6.07) is 4.68. The van der Waals surface area contributed by atoms with Crippen molar-refractivity contribution in [1.29, 1.82) is 0 Å². The Bertz CT molecular complexity index is 538. The van der Waals surface area contributed by atoms with E-state index in [0.717, 1.165) is 12.0 Å². The molecule has 1 aromatic rings. The maximum Gasteiger partial charge on any atom is 0.235 e. The topological polar surface area (TPSA) is 89.3 Å². The highest BCUT2D eigenvalue weighted by Crippen LogP contribution is 2.20. The van der Waals surface area contributed by atoms with Crippen LogP contribution in [-0.4, -0.2) is 26.6 Å². The molecular weight excluding hydrogens is 252 g/mol. The van der Waals surface area contributed by atoms with Gasteiger partial charge in [-0.3, -0.25) is 4.79 Å². The van der Waals surface area contributed by atoms with Gasteiger partial charge in [-0.25, -0.2) is 8.42 Å². The Kier molecular flexibility index (Phi) is 4.72. The lowest BCUT2D eigenvalue weighted by atomic mass is 10.2. The second kappa shape index (κ2) is 5.86. The zero-order valence-corrected chi connectivity index (χ0v) is 11.4. The Hall–Kier alpha value is -1.56. The van der Waals surface area contributed by atoms with Gasteiger partial charge in [-0.1, -0.05) is 13.0 Å². The summed E-state index contributed by atoms with van der Waals surface area (Å²) in [4.78, 5) is 11.5. The van der Waals surface area contributed by atoms with E-state index in [1.54, 1.807) is 12.1 Å². The van der Waals surface area contributed by atoms with E-state index in [0.29, 0.717) is 6.54 Å². The number of benzene rings is 1. The quantitative estimate of drug-likeness (QED) is 0.777. The van der Waals surface area contributed by atoms with Crippen molar-refractivity contribution in [2.75, 3.05) is 18.0 Å². The average molecular weight is 270 g/mol. The maximum atomic E-state index is 12.0. The van der Waals surface area contributed by atoms with Gasteiger partial charge in [0.05, 0.1) is 10.6 Å². The Morgan fingerprint density at radius 2 is 2.06 bits per heavy atom. The molecule has 0 fully saturated rings. The van der Waals surface area contributed by atoms with Crippen LogP contribution in [0.15, 0.2) is 23.1 Å². The molecule has 0 saturated carbocycles. The van der Waals surface area contributed by atoms with Gasteiger partial charge in [0.1, 0.15) is 5.75 Å². The first-order valence-corrected chi connectivity index (χ1v) is 7.37. The number of nitrogens with one attached hydrogen (secondary N) is 1. The van der Waals surface area contributed by atoms with Crippen LogP contribution >= 0.6 is 0 Å². The van der Waals surface area contributed by atoms with Gasteiger partial charge in [0.2, 0.25) is 5.91 Å². The SMILES string of the molecule is CCCNC(=O)CS(=O)(=O)c1ccc(C)cc1N. The van der Waals surface area contributed by atoms with Crippen LogP contribution in [-0.2, 0) is 14.6 Å². The minimum Gasteiger partial charge on any atom is -0.398 e. The van der Waals surface area contributed by atoms with E-state index in [9.17, 15) is 13.2 Å². The number of hydrogen-bond donors (Lipinski definition) is 2. The van der Waals surface area contributed by atoms with Crippen molar-refractivity contribution >= 4 is 21.4 Å². The Balaban J connectivity index is 2.90. The van der Waals surface area contributed by atoms with Gasteiger partial charge < -0.3 is 11.1 Å². The van der Waals surface area contributed by atoms with Gasteiger partial charge in [-0.15, -0.1) is 0 Å². The van der Waals surface area contributed by atoms with Crippen LogP contribution in [0.4, 0.5) is 5.69 Å². The van der Waals surface area contributed by atoms with Crippen molar-refractivity contribution in [3.63, 3.8) is 0 Å². The van der Waals surface area contributed by atoms with E-state index < -0.39 is 21.5 Å². The van der Waals surface area contributed by atoms with Crippen molar-refractivity contribution in [1.82, 2.24) is 5.32 Å². The number of sulfone groups is 1. The van der Waals surface area contributed by atoms with Crippen molar-refractivity contribution in [2.24, 2.45) is 0 Å². The second-order valence-electron chi connectivity index (χ2n) is 4.15. The molecule has 0 bridgehead atoms. The van der Waals surface area contributed by atoms with Gasteiger partial charge >= 0.3 is 0 Å². The molecule has 0 aliphatic heterocycles. The monoisotopic (exact) mass is 270 g/mol. The van der Waals surface area contributed by atoms with Crippen LogP contribution < -0.4 is 11.1 Å². The lowest BCUT2D eigenvalue weighted by molar-refractivity contribution is -0.118. The molecule has 100 valence electrons. The molecule has 6 heteroatoms. The Morgan fingerprint density at radius 3 is 2.61 bits per heavy atom. The minimum atomic E-state index is -3.67. The molecular formula is C12H18N2O3S. The molecule has 0 atom stereocenters. The molecule has 1 amide bonds. The molecule has 0 spiro atoms. The van der Waals surface area contributed by atoms with Gasteiger partial charge in [0, 0.05) is 6.54 Å². The Morgan fingerprint density at radius 1 is 1.39 bits per heavy atom. The van der Waals surface area contributed by atoms with Crippen LogP contribution in [0, 0.1) is 6.92 Å². The molecule has 0 aliphatic rings. The van der Waals surface area contributed by atoms with Gasteiger partial charge in [-0.2, -0.15) is 0 Å². The zero-order valence-electron chi connectivity index (χ0n) is 10.6. The predicted octanol–water partition coefficient (Wildman–Crippen LogP) is 0.877. The molecule has 0 aliphatic carbocycles. The van der Waals surface area contributed by atoms with E-state index >= 15 is 0 Å². The van der Waals surface area contributed by atoms with Crippen molar-refractivity contribution in [3.8, 4) is 0 Å². The third kappa shape index (κ3) is 3.73. The summed E-state index contributed by atoms with van der Waals surface area (Å²) in [5.74, 6) is -1.07. The fourth-order valence-corrected chi connectivity index (χ4v) is 2.81. The smallest absolute Gasteiger partial charge is 0.235 e. The first kappa shape index (κ1) is 14.5. The molecule has 5 nitrogen and oxygen atoms in total. The van der Waals surface area contributed by atoms with Gasteiger partial charge in [0.25, 0.3) is 0 Å². The normalized spacial score (nSPS) is 11.2. The number of carbonyl (C=O) groups excluding carboxylic acids is 1. The van der Waals surface area contributed by atoms with Crippen molar-refractivity contribution in [3.05, 3.63) is 23.8 Å². The molecule has 0 radical (unpaired) electrons. The van der Waals surface area contributed by atoms with Crippen LogP contribution in [0.2, 0.25) is 0 Å². The zero-order chi connectivity index (χ0) is 13.8. The summed E-state index contributed by atoms with van der Waals surface area (Å²) in [6.07, 6.45) is 0.762. The largest absolute Gasteiger partial charge is 0.398 e. The van der Waals surface area contributed by atoms with E-state index in [-0.39, 0.29) is 10.6 Å². The molecule has 3 N–H and O–H groups in total. The number of aryl methyl sites for hydroxylation is 1. The van der Waals surface area contributed by atoms with Crippen molar-refractivity contribution < 1.29 is 13.2 Å². The Labute approximate surface area is 107 Å². The highest BCUT2D eigenvalue weighted by molar-refractivity contribution is 7.92. The van der Waals surface area contributed by atoms with Gasteiger partial charge in [0.15, 0.2) is 9.84 Å². The molecule has 0 unspecified atom stereocenters. The fourth-order valence-electron chi connectivity index (χ4n) is 1.52. The second-order valence-corrected chi connectivity index (χ2v) is 6.11. The lowest BCUT2D eigenvalue weighted by Gasteiger charge is -2.08. The number of amides is 1. The molecule has 1 aromatic carbocycles. The molecule has 1 rings (SSSR count). The summed E-state index contributed by atoms with van der Waals surface area (Å²) in [5, 5.41) is 2.53. The third-order valence-electron chi connectivity index (χ3n) is 2.39. The van der Waals surface area contributed by atoms with Crippen LogP contribution in [0.25, 0.3) is 0 Å². The molecule has 0 aromatic heterocycles. The number of carbonyl (C=O) groups is 1. The van der Waals surface area contributed by atoms with Crippen LogP contribution in [0.3, 0.4) is 0 Å². The average Bonchev–Trinajstić information content (AvgIpc) is 2.25. The summed E-state index contributed by atoms with van der Waals surface area (Å²) in [7, 11) is -3.67. The number of anilines is 1. The van der Waals surface area contributed by atoms with E-state index in [1.807, 2.05) is 13.8 Å². The van der Waals surface area contributed by atoms with E-state index in [2.05, 4.69) is 5.32 Å². The minimum absolute atomic E-state index is 0.0137. The first-order chi connectivity index (χ1) is 8.36. The molecule has 0 heterocycles. The highest BCUT2D eigenvalue weighted by Gasteiger charge is 2.21. The number of nitrogen functional groups attached to an aromatic ring is 1. The standard InChI is InChI=1S/C12H18N2O3S/c1-3-6-14-12(15)8-18(16,17)11-5-4-9(2)7-10(11)13/h4-5,7H,3,6,8,13H2,1-2H3,(H,14,15). The molecule has 18 heavy (non-hydrogen) atoms. The number of nitrogens with two attached hydrogens (primary N) is 1. The first-order valence-electron chi connectivity index (χ1n) is 5.72. The number of rotatable bonds is 5. The predicted molar refractivity (Wildman–Crippen MR) is 70.9 cm³/mol. The summed E-state index contributed by atoms with van der Waals surface area (Å²) < 4.78 is 24.0. The highest BCUT2D eigenvalue weighted by atomic mass is 32.2. The lowest BCUT2D eigenvalue weighted by Crippen LogP contribution is -2.31. The van der Waals surface area contributed by atoms with Crippen LogP contribution in [0.5, 0.6) is 0 Å². The summed E-state index contributed by atoms with van der Waals surface area (Å²) in [5.41, 5.74) is 6.73. The fraction of sp³-hybridized carbons (Fsp3) is 0.417. The molecule has 0 saturated heterocycles. The van der Waals surface area contributed by atoms with Gasteiger partial charge in [-0.05, 0) is 31.0 Å². The van der Waals surface area contributed by atoms with E-state index in [1.165, 1.54) is 6.07 Å². The number of hydrogen-bond acceptors (Lipinski definition) is 4. The van der Waals surface area contributed by atoms with Crippen molar-refractivity contribution in [2.45, 2.75) is 25.2 Å².